The van der Waals surface area contributed by atoms with Crippen molar-refractivity contribution in [1.29, 1.82) is 0 Å². The van der Waals surface area contributed by atoms with E-state index in [1.807, 2.05) is 0 Å². The second kappa shape index (κ2) is 15.7. The molecule has 0 aliphatic carbocycles. The van der Waals surface area contributed by atoms with Crippen LogP contribution in [0.15, 0.2) is 134 Å². The predicted octanol–water partition coefficient (Wildman–Crippen LogP) is 16.6. The van der Waals surface area contributed by atoms with Gasteiger partial charge in [0.25, 0.3) is 0 Å². The molecule has 0 bridgehead atoms. The molecule has 4 aromatic heterocycles. The summed E-state index contributed by atoms with van der Waals surface area (Å²) in [5.74, 6) is 0. The summed E-state index contributed by atoms with van der Waals surface area (Å²) in [5, 5.41) is 2.62. The maximum Gasteiger partial charge on any atom is 0.0558 e. The van der Waals surface area contributed by atoms with Crippen molar-refractivity contribution in [3.05, 3.63) is 200 Å². The summed E-state index contributed by atoms with van der Waals surface area (Å²) < 4.78 is 4.85. The van der Waals surface area contributed by atoms with Crippen molar-refractivity contribution >= 4 is 32.8 Å². The molecule has 0 aliphatic heterocycles. The Bertz CT molecular complexity index is 3110. The lowest BCUT2D eigenvalue weighted by atomic mass is 9.91. The average Bonchev–Trinajstić information content (AvgIpc) is 3.76. The molecule has 6 aromatic carbocycles. The summed E-state index contributed by atoms with van der Waals surface area (Å²) in [6.07, 6.45) is 4.68. The normalized spacial score (nSPS) is 11.5. The minimum Gasteiger partial charge on any atom is -0.315 e. The molecule has 0 unspecified atom stereocenters. The Kier molecular flexibility index (Phi) is 10.3. The van der Waals surface area contributed by atoms with Gasteiger partial charge >= 0.3 is 0 Å². The maximum atomic E-state index is 2.42. The highest BCUT2D eigenvalue weighted by molar-refractivity contribution is 6.00. The predicted molar refractivity (Wildman–Crippen MR) is 268 cm³/mol. The summed E-state index contributed by atoms with van der Waals surface area (Å²) in [7, 11) is 0. The molecule has 0 amide bonds. The van der Waals surface area contributed by atoms with Crippen molar-refractivity contribution in [2.45, 2.75) is 83.1 Å². The van der Waals surface area contributed by atoms with Gasteiger partial charge in [0.1, 0.15) is 0 Å². The van der Waals surface area contributed by atoms with Gasteiger partial charge in [-0.15, -0.1) is 0 Å². The Morgan fingerprint density at radius 1 is 0.290 bits per heavy atom. The van der Waals surface area contributed by atoms with Gasteiger partial charge in [-0.1, -0.05) is 96.1 Å². The van der Waals surface area contributed by atoms with E-state index in [-0.39, 0.29) is 0 Å². The second-order valence-corrected chi connectivity index (χ2v) is 18.2. The van der Waals surface area contributed by atoms with Crippen LogP contribution in [0.2, 0.25) is 0 Å². The van der Waals surface area contributed by atoms with E-state index in [1.165, 1.54) is 144 Å². The number of nitrogens with zero attached hydrogens (tertiary/aromatic N) is 2. The minimum absolute atomic E-state index is 1.27. The Hall–Kier alpha value is -6.64. The molecular formula is C60H58N2. The fourth-order valence-electron chi connectivity index (χ4n) is 10.7. The number of hydrogen-bond acceptors (Lipinski definition) is 0. The van der Waals surface area contributed by atoms with Crippen LogP contribution in [0.25, 0.3) is 77.3 Å². The molecule has 10 aromatic rings. The highest BCUT2D eigenvalue weighted by atomic mass is 14.9. The van der Waals surface area contributed by atoms with Gasteiger partial charge in [0.2, 0.25) is 0 Å². The zero-order chi connectivity index (χ0) is 43.7. The van der Waals surface area contributed by atoms with Gasteiger partial charge in [0, 0.05) is 34.3 Å². The molecule has 308 valence electrons. The van der Waals surface area contributed by atoms with Gasteiger partial charge in [0.05, 0.1) is 22.1 Å². The summed E-state index contributed by atoms with van der Waals surface area (Å²) in [5.41, 5.74) is 31.5. The van der Waals surface area contributed by atoms with Crippen LogP contribution in [0.3, 0.4) is 0 Å². The van der Waals surface area contributed by atoms with E-state index in [2.05, 4.69) is 226 Å². The summed E-state index contributed by atoms with van der Waals surface area (Å²) in [4.78, 5) is 0. The van der Waals surface area contributed by atoms with E-state index in [1.54, 1.807) is 0 Å². The third-order valence-corrected chi connectivity index (χ3v) is 13.3. The lowest BCUT2D eigenvalue weighted by Gasteiger charge is -2.17. The molecule has 4 heterocycles. The highest BCUT2D eigenvalue weighted by Crippen LogP contribution is 2.41. The van der Waals surface area contributed by atoms with E-state index in [9.17, 15) is 0 Å². The first-order valence-electron chi connectivity index (χ1n) is 22.1. The number of rotatable bonds is 4. The van der Waals surface area contributed by atoms with Crippen molar-refractivity contribution in [3.8, 4) is 44.5 Å². The Labute approximate surface area is 368 Å². The van der Waals surface area contributed by atoms with E-state index in [0.717, 1.165) is 0 Å². The summed E-state index contributed by atoms with van der Waals surface area (Å²) in [6.45, 7) is 26.6. The number of aryl methyl sites for hydroxylation is 12. The first kappa shape index (κ1) is 40.7. The Morgan fingerprint density at radius 2 is 0.581 bits per heavy atom. The molecule has 0 fully saturated rings. The fraction of sp³-hybridized carbons (Fsp3) is 0.200. The summed E-state index contributed by atoms with van der Waals surface area (Å²) in [6, 6.07) is 45.1. The van der Waals surface area contributed by atoms with Crippen LogP contribution in [-0.4, -0.2) is 8.80 Å². The standard InChI is InChI=1S/2C30H29N/c2*1-18-13-23(6)30-24(14-18)16-27-26(29-21(4)11-8-12-22(29)5)15-25(17-31(27)30)28-19(2)9-7-10-20(28)3/h2*7-17H,1-6H3. The SMILES string of the molecule is Cc1cc(C)c2c(c1)cc1c(-c3c(C)cccc3C)cc(-c3c(C)cccc3C)cn12.Cc1cc(C)c2c(c1)cc1c(-c3c(C)cccc3C)cc(-c3c(C)cccc3C)cn12. The van der Waals surface area contributed by atoms with E-state index in [4.69, 9.17) is 0 Å². The molecule has 2 nitrogen and oxygen atoms in total. The number of fused-ring (bicyclic) bond motifs is 6. The van der Waals surface area contributed by atoms with Gasteiger partial charge in [0.15, 0.2) is 0 Å². The molecule has 2 heteroatoms. The third-order valence-electron chi connectivity index (χ3n) is 13.3. The molecule has 0 aliphatic rings. The van der Waals surface area contributed by atoms with Gasteiger partial charge in [-0.25, -0.2) is 0 Å². The molecule has 0 saturated heterocycles. The van der Waals surface area contributed by atoms with Crippen molar-refractivity contribution in [3.63, 3.8) is 0 Å². The Balaban J connectivity index is 0.000000158. The zero-order valence-corrected chi connectivity index (χ0v) is 38.6. The maximum absolute atomic E-state index is 2.42. The minimum atomic E-state index is 1.27. The quantitative estimate of drug-likeness (QED) is 0.168. The van der Waals surface area contributed by atoms with Gasteiger partial charge in [-0.3, -0.25) is 0 Å². The third kappa shape index (κ3) is 6.92. The molecule has 0 spiro atoms. The largest absolute Gasteiger partial charge is 0.315 e. The van der Waals surface area contributed by atoms with Crippen LogP contribution >= 0.6 is 0 Å². The molecule has 10 rings (SSSR count). The van der Waals surface area contributed by atoms with E-state index < -0.39 is 0 Å². The molecule has 0 N–H and O–H groups in total. The topological polar surface area (TPSA) is 8.82 Å². The molecule has 0 radical (unpaired) electrons. The monoisotopic (exact) mass is 806 g/mol. The fourth-order valence-corrected chi connectivity index (χ4v) is 10.7. The van der Waals surface area contributed by atoms with Crippen molar-refractivity contribution in [1.82, 2.24) is 8.80 Å². The van der Waals surface area contributed by atoms with Crippen LogP contribution < -0.4 is 0 Å². The Morgan fingerprint density at radius 3 is 0.887 bits per heavy atom. The first-order valence-corrected chi connectivity index (χ1v) is 22.1. The average molecular weight is 807 g/mol. The van der Waals surface area contributed by atoms with E-state index >= 15 is 0 Å². The number of pyridine rings is 2. The lowest BCUT2D eigenvalue weighted by molar-refractivity contribution is 1.22. The van der Waals surface area contributed by atoms with Gasteiger partial charge < -0.3 is 8.80 Å². The van der Waals surface area contributed by atoms with Crippen molar-refractivity contribution in [2.24, 2.45) is 0 Å². The first-order chi connectivity index (χ1) is 29.7. The molecular weight excluding hydrogens is 749 g/mol. The number of hydrogen-bond donors (Lipinski definition) is 0. The molecule has 0 atom stereocenters. The molecule has 0 saturated carbocycles. The lowest BCUT2D eigenvalue weighted by Crippen LogP contribution is -1.97. The van der Waals surface area contributed by atoms with Crippen LogP contribution in [0, 0.1) is 83.1 Å². The van der Waals surface area contributed by atoms with Crippen LogP contribution in [-0.2, 0) is 0 Å². The second-order valence-electron chi connectivity index (χ2n) is 18.2. The van der Waals surface area contributed by atoms with Crippen LogP contribution in [0.1, 0.15) is 66.8 Å². The smallest absolute Gasteiger partial charge is 0.0558 e. The van der Waals surface area contributed by atoms with Crippen LogP contribution in [0.5, 0.6) is 0 Å². The van der Waals surface area contributed by atoms with E-state index in [0.29, 0.717) is 0 Å². The number of aromatic nitrogens is 2. The van der Waals surface area contributed by atoms with Crippen molar-refractivity contribution in [2.75, 3.05) is 0 Å². The highest BCUT2D eigenvalue weighted by Gasteiger charge is 2.19. The van der Waals surface area contributed by atoms with Crippen molar-refractivity contribution < 1.29 is 0 Å². The molecule has 62 heavy (non-hydrogen) atoms. The zero-order valence-electron chi connectivity index (χ0n) is 38.6. The van der Waals surface area contributed by atoms with Crippen LogP contribution in [0.4, 0.5) is 0 Å². The van der Waals surface area contributed by atoms with Gasteiger partial charge in [-0.2, -0.15) is 0 Å². The summed E-state index contributed by atoms with van der Waals surface area (Å²) >= 11 is 0. The van der Waals surface area contributed by atoms with Gasteiger partial charge in [-0.05, 0) is 208 Å². The number of benzene rings is 6.